The molecule has 2 heterocycles. The third-order valence-electron chi connectivity index (χ3n) is 4.08. The Kier molecular flexibility index (Phi) is 6.92. The quantitative estimate of drug-likeness (QED) is 0.554. The number of hydrogen-bond donors (Lipinski definition) is 0. The number of pyridine rings is 1. The zero-order valence-electron chi connectivity index (χ0n) is 16.1. The summed E-state index contributed by atoms with van der Waals surface area (Å²) in [5, 5.41) is 4.86. The number of aryl methyl sites for hydroxylation is 1. The lowest BCUT2D eigenvalue weighted by Gasteiger charge is -2.10. The van der Waals surface area contributed by atoms with Gasteiger partial charge in [0.25, 0.3) is 5.91 Å². The predicted molar refractivity (Wildman–Crippen MR) is 108 cm³/mol. The molecule has 0 amide bonds. The number of carbonyl (C=O) groups is 1. The monoisotopic (exact) mass is 371 g/mol. The lowest BCUT2D eigenvalue weighted by Crippen LogP contribution is -2.16. The van der Waals surface area contributed by atoms with E-state index in [1.54, 1.807) is 12.3 Å². The van der Waals surface area contributed by atoms with E-state index >= 15 is 0 Å². The fourth-order valence-electron chi connectivity index (χ4n) is 2.86. The third kappa shape index (κ3) is 3.80. The van der Waals surface area contributed by atoms with Crippen LogP contribution in [0.5, 0.6) is 0 Å². The highest BCUT2D eigenvalue weighted by Gasteiger charge is 2.30. The fraction of sp³-hybridized carbons (Fsp3) is 0.381. The molecule has 0 radical (unpaired) electrons. The number of hydrogen-bond acceptors (Lipinski definition) is 3. The van der Waals surface area contributed by atoms with E-state index in [2.05, 4.69) is 10.1 Å². The Hall–Kier alpha value is -2.20. The maximum Gasteiger partial charge on any atom is 0.280 e. The molecule has 0 unspecified atom stereocenters. The Morgan fingerprint density at radius 1 is 1.12 bits per heavy atom. The second-order valence-corrected chi connectivity index (χ2v) is 6.06. The molecule has 1 saturated carbocycles. The molecule has 4 rings (SSSR count). The molecule has 138 valence electrons. The average molecular weight is 372 g/mol. The van der Waals surface area contributed by atoms with E-state index in [1.165, 1.54) is 4.68 Å². The summed E-state index contributed by atoms with van der Waals surface area (Å²) < 4.78 is 1.42. The Morgan fingerprint density at radius 3 is 2.46 bits per heavy atom. The van der Waals surface area contributed by atoms with Crippen molar-refractivity contribution in [3.63, 3.8) is 0 Å². The van der Waals surface area contributed by atoms with Crippen LogP contribution >= 0.6 is 11.6 Å². The van der Waals surface area contributed by atoms with E-state index in [-0.39, 0.29) is 5.91 Å². The van der Waals surface area contributed by atoms with Gasteiger partial charge in [0, 0.05) is 6.20 Å². The van der Waals surface area contributed by atoms with Crippen molar-refractivity contribution in [2.75, 3.05) is 0 Å². The third-order valence-corrected chi connectivity index (χ3v) is 4.39. The molecule has 0 bridgehead atoms. The smallest absolute Gasteiger partial charge is 0.267 e. The van der Waals surface area contributed by atoms with Gasteiger partial charge in [-0.2, -0.15) is 9.78 Å². The highest BCUT2D eigenvalue weighted by Crippen LogP contribution is 2.43. The van der Waals surface area contributed by atoms with Gasteiger partial charge in [0.05, 0.1) is 21.8 Å². The number of carbonyl (C=O) groups excluding carboxylic acids is 1. The minimum atomic E-state index is -0.182. The Balaban J connectivity index is 0.000000570. The van der Waals surface area contributed by atoms with Crippen LogP contribution in [0.2, 0.25) is 5.02 Å². The summed E-state index contributed by atoms with van der Waals surface area (Å²) in [5.74, 6) is 0.261. The van der Waals surface area contributed by atoms with E-state index in [0.29, 0.717) is 22.0 Å². The summed E-state index contributed by atoms with van der Waals surface area (Å²) in [4.78, 5) is 17.3. The number of aromatic nitrogens is 3. The maximum absolute atomic E-state index is 13.0. The molecule has 4 nitrogen and oxygen atoms in total. The molecule has 1 aromatic carbocycles. The molecule has 1 aliphatic carbocycles. The van der Waals surface area contributed by atoms with Crippen LogP contribution in [0.4, 0.5) is 0 Å². The normalized spacial score (nSPS) is 12.7. The second kappa shape index (κ2) is 8.95. The van der Waals surface area contributed by atoms with Crippen LogP contribution in [0.3, 0.4) is 0 Å². The van der Waals surface area contributed by atoms with Gasteiger partial charge in [-0.3, -0.25) is 9.78 Å². The van der Waals surface area contributed by atoms with E-state index < -0.39 is 0 Å². The van der Waals surface area contributed by atoms with Gasteiger partial charge in [0.2, 0.25) is 0 Å². The second-order valence-electron chi connectivity index (χ2n) is 5.65. The summed E-state index contributed by atoms with van der Waals surface area (Å²) in [6, 6.07) is 9.32. The summed E-state index contributed by atoms with van der Waals surface area (Å²) in [5.41, 5.74) is 3.80. The minimum Gasteiger partial charge on any atom is -0.267 e. The predicted octanol–water partition coefficient (Wildman–Crippen LogP) is 6.01. The van der Waals surface area contributed by atoms with Crippen LogP contribution < -0.4 is 0 Å². The van der Waals surface area contributed by atoms with Gasteiger partial charge in [0.1, 0.15) is 5.52 Å². The first kappa shape index (κ1) is 20.1. The summed E-state index contributed by atoms with van der Waals surface area (Å²) in [6.07, 6.45) is 3.93. The molecule has 0 atom stereocenters. The number of benzene rings is 1. The largest absolute Gasteiger partial charge is 0.280 e. The first-order valence-corrected chi connectivity index (χ1v) is 9.68. The summed E-state index contributed by atoms with van der Waals surface area (Å²) >= 11 is 6.33. The number of halogens is 1. The van der Waals surface area contributed by atoms with E-state index in [0.717, 1.165) is 29.6 Å². The topological polar surface area (TPSA) is 47.8 Å². The first-order valence-electron chi connectivity index (χ1n) is 9.30. The Labute approximate surface area is 160 Å². The molecule has 0 spiro atoms. The van der Waals surface area contributed by atoms with Crippen LogP contribution in [-0.2, 0) is 0 Å². The van der Waals surface area contributed by atoms with Gasteiger partial charge in [-0.25, -0.2) is 0 Å². The van der Waals surface area contributed by atoms with Crippen LogP contribution in [0.1, 0.15) is 68.1 Å². The van der Waals surface area contributed by atoms with Gasteiger partial charge in [0.15, 0.2) is 0 Å². The minimum absolute atomic E-state index is 0.182. The number of nitrogens with zero attached hydrogens (tertiary/aromatic N) is 3. The van der Waals surface area contributed by atoms with Crippen LogP contribution in [0, 0.1) is 6.92 Å². The molecule has 26 heavy (non-hydrogen) atoms. The zero-order chi connectivity index (χ0) is 19.3. The van der Waals surface area contributed by atoms with Crippen molar-refractivity contribution in [2.24, 2.45) is 0 Å². The molecular weight excluding hydrogens is 346 g/mol. The molecular formula is C21H26ClN3O. The molecule has 5 heteroatoms. The van der Waals surface area contributed by atoms with Crippen molar-refractivity contribution in [3.05, 3.63) is 58.4 Å². The van der Waals surface area contributed by atoms with Crippen molar-refractivity contribution in [3.8, 4) is 0 Å². The van der Waals surface area contributed by atoms with Crippen LogP contribution in [-0.4, -0.2) is 20.7 Å². The van der Waals surface area contributed by atoms with Gasteiger partial charge in [-0.1, -0.05) is 51.4 Å². The van der Waals surface area contributed by atoms with Crippen molar-refractivity contribution in [1.29, 1.82) is 0 Å². The fourth-order valence-corrected chi connectivity index (χ4v) is 3.12. The van der Waals surface area contributed by atoms with Gasteiger partial charge in [-0.05, 0) is 49.4 Å². The van der Waals surface area contributed by atoms with Crippen molar-refractivity contribution in [2.45, 2.75) is 53.4 Å². The van der Waals surface area contributed by atoms with Crippen LogP contribution in [0.25, 0.3) is 11.0 Å². The van der Waals surface area contributed by atoms with Crippen molar-refractivity contribution < 1.29 is 4.79 Å². The summed E-state index contributed by atoms with van der Waals surface area (Å²) in [7, 11) is 0. The Morgan fingerprint density at radius 2 is 1.81 bits per heavy atom. The number of fused-ring (bicyclic) bond motifs is 1. The van der Waals surface area contributed by atoms with Crippen molar-refractivity contribution >= 4 is 28.5 Å². The lowest BCUT2D eigenvalue weighted by molar-refractivity contribution is 0.0949. The molecule has 0 N–H and O–H groups in total. The summed E-state index contributed by atoms with van der Waals surface area (Å²) in [6.45, 7) is 9.85. The van der Waals surface area contributed by atoms with Crippen molar-refractivity contribution in [1.82, 2.24) is 14.8 Å². The highest BCUT2D eigenvalue weighted by molar-refractivity contribution is 6.34. The molecule has 2 aromatic heterocycles. The van der Waals surface area contributed by atoms with E-state index in [9.17, 15) is 4.79 Å². The molecule has 1 fully saturated rings. The molecule has 3 aromatic rings. The van der Waals surface area contributed by atoms with E-state index in [1.807, 2.05) is 58.9 Å². The SMILES string of the molecule is CC.CC.Cc1nn(C(=O)c2c(Cl)cccc2C2CC2)c2cccnc12. The van der Waals surface area contributed by atoms with Gasteiger partial charge in [-0.15, -0.1) is 0 Å². The highest BCUT2D eigenvalue weighted by atomic mass is 35.5. The first-order chi connectivity index (χ1) is 12.7. The van der Waals surface area contributed by atoms with Gasteiger partial charge < -0.3 is 0 Å². The number of rotatable bonds is 2. The maximum atomic E-state index is 13.0. The zero-order valence-corrected chi connectivity index (χ0v) is 16.8. The Bertz CT molecular complexity index is 897. The lowest BCUT2D eigenvalue weighted by atomic mass is 10.0. The standard InChI is InChI=1S/C17H14ClN3O.2C2H6/c1-10-16-14(6-3-9-19-16)21(20-10)17(22)15-12(11-7-8-11)4-2-5-13(15)18;2*1-2/h2-6,9,11H,7-8H2,1H3;2*1-2H3. The molecule has 1 aliphatic rings. The molecule has 0 aliphatic heterocycles. The van der Waals surface area contributed by atoms with Crippen LogP contribution in [0.15, 0.2) is 36.5 Å². The average Bonchev–Trinajstić information content (AvgIpc) is 3.48. The molecule has 0 saturated heterocycles. The van der Waals surface area contributed by atoms with E-state index in [4.69, 9.17) is 11.6 Å². The van der Waals surface area contributed by atoms with Gasteiger partial charge >= 0.3 is 0 Å².